The Labute approximate surface area is 27.6 Å². The van der Waals surface area contributed by atoms with Crippen molar-refractivity contribution in [2.24, 2.45) is 0 Å². The van der Waals surface area contributed by atoms with Crippen LogP contribution >= 0.6 is 0 Å². The summed E-state index contributed by atoms with van der Waals surface area (Å²) in [7, 11) is 2.28. The minimum absolute atomic E-state index is 1.08. The van der Waals surface area contributed by atoms with Gasteiger partial charge in [-0.15, -0.1) is 0 Å². The van der Waals surface area contributed by atoms with Crippen molar-refractivity contribution >= 4 is 7.85 Å². The van der Waals surface area contributed by atoms with Crippen molar-refractivity contribution in [1.29, 1.82) is 0 Å². The molecule has 1 rings (SSSR count). The van der Waals surface area contributed by atoms with E-state index in [0.29, 0.717) is 0 Å². The lowest BCUT2D eigenvalue weighted by Gasteiger charge is -1.51. The highest BCUT2D eigenvalue weighted by Gasteiger charge is 2.12. The second-order valence-electron chi connectivity index (χ2n) is 1.68. The molecule has 4 heavy (non-hydrogen) atoms. The molecule has 0 aromatic rings. The maximum absolute atomic E-state index is 2.28. The molecule has 0 spiro atoms. The van der Waals surface area contributed by atoms with E-state index >= 15 is 0 Å². The van der Waals surface area contributed by atoms with E-state index in [1.165, 1.54) is 12.8 Å². The topological polar surface area (TPSA) is 0 Å². The first kappa shape index (κ1) is 2.31. The zero-order chi connectivity index (χ0) is 2.99. The van der Waals surface area contributed by atoms with Crippen LogP contribution in [0.15, 0.2) is 0 Å². The first-order valence-corrected chi connectivity index (χ1v) is 1.89. The summed E-state index contributed by atoms with van der Waals surface area (Å²) in [6, 6.07) is 0. The summed E-state index contributed by atoms with van der Waals surface area (Å²) in [6.45, 7) is 0. The Hall–Kier alpha value is 0.0649. The van der Waals surface area contributed by atoms with Crippen LogP contribution in [-0.2, 0) is 0 Å². The van der Waals surface area contributed by atoms with Crippen molar-refractivity contribution in [1.82, 2.24) is 0 Å². The number of hydrogen-bond acceptors (Lipinski definition) is 0. The molecule has 1 saturated carbocycles. The second-order valence-corrected chi connectivity index (χ2v) is 1.68. The largest absolute Gasteiger partial charge is 0.105 e. The maximum atomic E-state index is 2.28. The van der Waals surface area contributed by atoms with Gasteiger partial charge in [0.2, 0.25) is 0 Å². The average Bonchev–Trinajstić information content (AvgIpc) is 1.75. The molecular formula is C3H7B. The fraction of sp³-hybridized carbons (Fsp3) is 1.00. The molecule has 22 valence electrons. The highest BCUT2D eigenvalue weighted by molar-refractivity contribution is 6.13. The molecule has 0 radical (unpaired) electrons. The summed E-state index contributed by atoms with van der Waals surface area (Å²) in [4.78, 5) is 0. The van der Waals surface area contributed by atoms with Gasteiger partial charge in [0.1, 0.15) is 7.85 Å². The molecule has 0 aromatic carbocycles. The molecule has 0 unspecified atom stereocenters. The first-order valence-electron chi connectivity index (χ1n) is 1.89. The van der Waals surface area contributed by atoms with Crippen LogP contribution < -0.4 is 0 Å². The van der Waals surface area contributed by atoms with Gasteiger partial charge < -0.3 is 0 Å². The van der Waals surface area contributed by atoms with Crippen LogP contribution in [0.2, 0.25) is 5.82 Å². The zero-order valence-electron chi connectivity index (χ0n) is 2.99. The van der Waals surface area contributed by atoms with Gasteiger partial charge in [-0.25, -0.2) is 0 Å². The van der Waals surface area contributed by atoms with E-state index < -0.39 is 0 Å². The molecule has 0 amide bonds. The quantitative estimate of drug-likeness (QED) is 0.346. The fourth-order valence-corrected chi connectivity index (χ4v) is 0.167. The second kappa shape index (κ2) is 0.509. The van der Waals surface area contributed by atoms with Gasteiger partial charge in [0.25, 0.3) is 0 Å². The number of rotatable bonds is 0. The lowest BCUT2D eigenvalue weighted by atomic mass is 10.0. The number of hydrogen-bond donors (Lipinski definition) is 0. The molecule has 1 aliphatic rings. The molecular weight excluding hydrogens is 46.8 g/mol. The van der Waals surface area contributed by atoms with Crippen LogP contribution in [0.5, 0.6) is 0 Å². The lowest BCUT2D eigenvalue weighted by molar-refractivity contribution is 1.47. The standard InChI is InChI=1S/C3H7B/c4-3-1-2-3/h3H,1-2,4H2. The third kappa shape index (κ3) is 0.249. The lowest BCUT2D eigenvalue weighted by Crippen LogP contribution is -1.47. The first-order chi connectivity index (χ1) is 1.89. The van der Waals surface area contributed by atoms with Gasteiger partial charge in [-0.05, 0) is 0 Å². The van der Waals surface area contributed by atoms with Crippen LogP contribution in [0.3, 0.4) is 0 Å². The van der Waals surface area contributed by atoms with Crippen molar-refractivity contribution in [3.8, 4) is 0 Å². The minimum atomic E-state index is 1.08. The molecule has 0 nitrogen and oxygen atoms in total. The predicted octanol–water partition coefficient (Wildman–Crippen LogP) is 0.202. The van der Waals surface area contributed by atoms with Crippen molar-refractivity contribution in [2.45, 2.75) is 18.7 Å². The molecule has 0 aliphatic heterocycles. The van der Waals surface area contributed by atoms with E-state index in [-0.39, 0.29) is 0 Å². The van der Waals surface area contributed by atoms with Crippen LogP contribution in [0.25, 0.3) is 0 Å². The molecule has 1 fully saturated rings. The molecule has 0 atom stereocenters. The highest BCUT2D eigenvalue weighted by atomic mass is 14.1. The maximum Gasteiger partial charge on any atom is 0.105 e. The molecule has 1 heteroatoms. The Morgan fingerprint density at radius 1 is 1.50 bits per heavy atom. The van der Waals surface area contributed by atoms with Crippen LogP contribution in [0.1, 0.15) is 12.8 Å². The van der Waals surface area contributed by atoms with Crippen LogP contribution in [0.4, 0.5) is 0 Å². The molecule has 0 bridgehead atoms. The van der Waals surface area contributed by atoms with Crippen molar-refractivity contribution in [2.75, 3.05) is 0 Å². The van der Waals surface area contributed by atoms with Gasteiger partial charge in [-0.2, -0.15) is 0 Å². The predicted molar refractivity (Wildman–Crippen MR) is 21.5 cm³/mol. The SMILES string of the molecule is BC1CC1. The van der Waals surface area contributed by atoms with Gasteiger partial charge in [0.15, 0.2) is 0 Å². The summed E-state index contributed by atoms with van der Waals surface area (Å²) in [5.74, 6) is 1.08. The highest BCUT2D eigenvalue weighted by Crippen LogP contribution is 2.31. The van der Waals surface area contributed by atoms with Gasteiger partial charge >= 0.3 is 0 Å². The third-order valence-corrected chi connectivity index (χ3v) is 0.866. The Morgan fingerprint density at radius 3 is 1.75 bits per heavy atom. The smallest absolute Gasteiger partial charge is 0.0697 e. The van der Waals surface area contributed by atoms with E-state index in [4.69, 9.17) is 0 Å². The Balaban J connectivity index is 2.17. The van der Waals surface area contributed by atoms with E-state index in [9.17, 15) is 0 Å². The molecule has 0 N–H and O–H groups in total. The van der Waals surface area contributed by atoms with Crippen molar-refractivity contribution < 1.29 is 0 Å². The fourth-order valence-electron chi connectivity index (χ4n) is 0.167. The summed E-state index contributed by atoms with van der Waals surface area (Å²) < 4.78 is 0. The molecule has 0 heterocycles. The van der Waals surface area contributed by atoms with Crippen LogP contribution in [-0.4, -0.2) is 7.85 Å². The van der Waals surface area contributed by atoms with Gasteiger partial charge in [0, 0.05) is 0 Å². The Bertz CT molecular complexity index is 22.5. The molecule has 1 aliphatic carbocycles. The van der Waals surface area contributed by atoms with Gasteiger partial charge in [-0.3, -0.25) is 0 Å². The summed E-state index contributed by atoms with van der Waals surface area (Å²) in [6.07, 6.45) is 2.97. The monoisotopic (exact) mass is 54.1 g/mol. The van der Waals surface area contributed by atoms with E-state index in [0.717, 1.165) is 5.82 Å². The van der Waals surface area contributed by atoms with Gasteiger partial charge in [0.05, 0.1) is 0 Å². The molecule has 0 saturated heterocycles. The summed E-state index contributed by atoms with van der Waals surface area (Å²) in [5.41, 5.74) is 0. The van der Waals surface area contributed by atoms with E-state index in [2.05, 4.69) is 7.85 Å². The summed E-state index contributed by atoms with van der Waals surface area (Å²) in [5, 5.41) is 0. The van der Waals surface area contributed by atoms with Crippen molar-refractivity contribution in [3.63, 3.8) is 0 Å². The third-order valence-electron chi connectivity index (χ3n) is 0.866. The zero-order valence-corrected chi connectivity index (χ0v) is 2.99. The Morgan fingerprint density at radius 2 is 1.75 bits per heavy atom. The van der Waals surface area contributed by atoms with E-state index in [1.54, 1.807) is 0 Å². The minimum Gasteiger partial charge on any atom is -0.0697 e. The average molecular weight is 53.9 g/mol. The normalized spacial score (nSPS) is 26.0. The van der Waals surface area contributed by atoms with E-state index in [1.807, 2.05) is 0 Å². The molecule has 0 aromatic heterocycles. The van der Waals surface area contributed by atoms with Crippen molar-refractivity contribution in [3.05, 3.63) is 0 Å². The van der Waals surface area contributed by atoms with Gasteiger partial charge in [-0.1, -0.05) is 18.7 Å². The van der Waals surface area contributed by atoms with Crippen LogP contribution in [0, 0.1) is 0 Å². The Kier molecular flexibility index (Phi) is 0.294. The summed E-state index contributed by atoms with van der Waals surface area (Å²) >= 11 is 0.